The molecule has 1 amide bonds. The first-order chi connectivity index (χ1) is 12.0. The highest BCUT2D eigenvalue weighted by Gasteiger charge is 2.14. The Morgan fingerprint density at radius 1 is 1.12 bits per heavy atom. The van der Waals surface area contributed by atoms with Crippen molar-refractivity contribution in [2.24, 2.45) is 0 Å². The van der Waals surface area contributed by atoms with Crippen molar-refractivity contribution in [3.63, 3.8) is 0 Å². The zero-order valence-electron chi connectivity index (χ0n) is 14.4. The number of aromatic nitrogens is 3. The Balaban J connectivity index is 1.88. The van der Waals surface area contributed by atoms with Gasteiger partial charge < -0.3 is 10.2 Å². The maximum absolute atomic E-state index is 12.7. The third-order valence-electron chi connectivity index (χ3n) is 3.75. The van der Waals surface area contributed by atoms with Crippen LogP contribution in [0.2, 0.25) is 0 Å². The van der Waals surface area contributed by atoms with E-state index in [2.05, 4.69) is 20.3 Å². The number of aryl methyl sites for hydroxylation is 1. The van der Waals surface area contributed by atoms with Crippen molar-refractivity contribution in [2.75, 3.05) is 24.3 Å². The Labute approximate surface area is 146 Å². The number of anilines is 2. The summed E-state index contributed by atoms with van der Waals surface area (Å²) in [6.07, 6.45) is 5.04. The maximum Gasteiger partial charge on any atom is 0.276 e. The largest absolute Gasteiger partial charge is 0.378 e. The van der Waals surface area contributed by atoms with Gasteiger partial charge in [0.05, 0.1) is 17.6 Å². The average molecular weight is 333 g/mol. The summed E-state index contributed by atoms with van der Waals surface area (Å²) >= 11 is 0. The monoisotopic (exact) mass is 333 g/mol. The molecule has 3 aromatic rings. The fraction of sp³-hybridized carbons (Fsp3) is 0.158. The highest BCUT2D eigenvalue weighted by molar-refractivity contribution is 6.04. The van der Waals surface area contributed by atoms with Crippen LogP contribution in [-0.2, 0) is 0 Å². The second kappa shape index (κ2) is 7.09. The molecule has 0 aliphatic carbocycles. The Kier molecular flexibility index (Phi) is 4.70. The summed E-state index contributed by atoms with van der Waals surface area (Å²) in [5, 5.41) is 2.89. The number of nitrogens with zero attached hydrogens (tertiary/aromatic N) is 4. The van der Waals surface area contributed by atoms with Crippen LogP contribution in [0.3, 0.4) is 0 Å². The molecule has 0 atom stereocenters. The van der Waals surface area contributed by atoms with Crippen molar-refractivity contribution in [3.05, 3.63) is 66.4 Å². The molecule has 25 heavy (non-hydrogen) atoms. The number of nitrogens with one attached hydrogen (secondary N) is 1. The predicted molar refractivity (Wildman–Crippen MR) is 98.7 cm³/mol. The van der Waals surface area contributed by atoms with Crippen LogP contribution in [0.5, 0.6) is 0 Å². The van der Waals surface area contributed by atoms with Crippen LogP contribution < -0.4 is 10.2 Å². The van der Waals surface area contributed by atoms with Gasteiger partial charge in [0.15, 0.2) is 0 Å². The van der Waals surface area contributed by atoms with E-state index in [1.54, 1.807) is 25.5 Å². The normalized spacial score (nSPS) is 10.4. The fourth-order valence-corrected chi connectivity index (χ4v) is 2.37. The van der Waals surface area contributed by atoms with Crippen molar-refractivity contribution in [1.29, 1.82) is 0 Å². The van der Waals surface area contributed by atoms with E-state index in [9.17, 15) is 4.79 Å². The smallest absolute Gasteiger partial charge is 0.276 e. The van der Waals surface area contributed by atoms with Crippen molar-refractivity contribution < 1.29 is 4.79 Å². The average Bonchev–Trinajstić information content (AvgIpc) is 2.63. The summed E-state index contributed by atoms with van der Waals surface area (Å²) in [4.78, 5) is 27.5. The highest BCUT2D eigenvalue weighted by atomic mass is 16.1. The lowest BCUT2D eigenvalue weighted by atomic mass is 10.2. The Hall–Kier alpha value is -3.28. The van der Waals surface area contributed by atoms with Crippen LogP contribution >= 0.6 is 0 Å². The number of carbonyl (C=O) groups excluding carboxylic acids is 1. The van der Waals surface area contributed by atoms with Gasteiger partial charge in [-0.15, -0.1) is 0 Å². The molecule has 0 bridgehead atoms. The van der Waals surface area contributed by atoms with Crippen molar-refractivity contribution in [1.82, 2.24) is 15.0 Å². The molecular formula is C19H19N5O. The number of rotatable bonds is 4. The van der Waals surface area contributed by atoms with Crippen LogP contribution in [0.15, 0.2) is 55.0 Å². The third kappa shape index (κ3) is 3.80. The molecular weight excluding hydrogens is 314 g/mol. The molecule has 1 N–H and O–H groups in total. The van der Waals surface area contributed by atoms with Gasteiger partial charge in [0.2, 0.25) is 0 Å². The third-order valence-corrected chi connectivity index (χ3v) is 3.75. The number of hydrogen-bond donors (Lipinski definition) is 1. The molecule has 0 radical (unpaired) electrons. The van der Waals surface area contributed by atoms with E-state index in [4.69, 9.17) is 0 Å². The SMILES string of the molecule is Cc1ncc(-c2cccnc2)nc1C(=O)Nc1cccc(N(C)C)c1. The van der Waals surface area contributed by atoms with Gasteiger partial charge in [-0.25, -0.2) is 4.98 Å². The first-order valence-electron chi connectivity index (χ1n) is 7.87. The molecule has 0 saturated carbocycles. The second-order valence-electron chi connectivity index (χ2n) is 5.83. The lowest BCUT2D eigenvalue weighted by molar-refractivity contribution is 0.102. The van der Waals surface area contributed by atoms with Gasteiger partial charge in [0, 0.05) is 43.4 Å². The molecule has 3 rings (SSSR count). The Morgan fingerprint density at radius 3 is 2.68 bits per heavy atom. The molecule has 0 saturated heterocycles. The molecule has 0 unspecified atom stereocenters. The molecule has 0 fully saturated rings. The van der Waals surface area contributed by atoms with Gasteiger partial charge in [-0.3, -0.25) is 14.8 Å². The lowest BCUT2D eigenvalue weighted by Gasteiger charge is -2.14. The van der Waals surface area contributed by atoms with E-state index in [-0.39, 0.29) is 5.91 Å². The summed E-state index contributed by atoms with van der Waals surface area (Å²) in [6, 6.07) is 11.3. The van der Waals surface area contributed by atoms with Crippen LogP contribution in [0.25, 0.3) is 11.3 Å². The number of hydrogen-bond acceptors (Lipinski definition) is 5. The van der Waals surface area contributed by atoms with Gasteiger partial charge in [-0.1, -0.05) is 6.07 Å². The van der Waals surface area contributed by atoms with Gasteiger partial charge in [-0.2, -0.15) is 0 Å². The first-order valence-corrected chi connectivity index (χ1v) is 7.87. The van der Waals surface area contributed by atoms with Crippen LogP contribution in [-0.4, -0.2) is 35.0 Å². The molecule has 0 spiro atoms. The number of carbonyl (C=O) groups is 1. The standard InChI is InChI=1S/C19H19N5O/c1-13-18(23-17(12-21-13)14-6-5-9-20-11-14)19(25)22-15-7-4-8-16(10-15)24(2)3/h4-12H,1-3H3,(H,22,25). The highest BCUT2D eigenvalue weighted by Crippen LogP contribution is 2.19. The van der Waals surface area contributed by atoms with Gasteiger partial charge in [0.1, 0.15) is 5.69 Å². The van der Waals surface area contributed by atoms with Gasteiger partial charge in [0.25, 0.3) is 5.91 Å². The lowest BCUT2D eigenvalue weighted by Crippen LogP contribution is -2.17. The minimum absolute atomic E-state index is 0.286. The van der Waals surface area contributed by atoms with E-state index in [1.807, 2.05) is 55.4 Å². The fourth-order valence-electron chi connectivity index (χ4n) is 2.37. The van der Waals surface area contributed by atoms with E-state index in [1.165, 1.54) is 0 Å². The summed E-state index contributed by atoms with van der Waals surface area (Å²) in [6.45, 7) is 1.77. The van der Waals surface area contributed by atoms with Gasteiger partial charge >= 0.3 is 0 Å². The molecule has 0 aliphatic rings. The zero-order valence-corrected chi connectivity index (χ0v) is 14.4. The second-order valence-corrected chi connectivity index (χ2v) is 5.83. The van der Waals surface area contributed by atoms with Crippen molar-refractivity contribution in [2.45, 2.75) is 6.92 Å². The summed E-state index contributed by atoms with van der Waals surface area (Å²) in [5.41, 5.74) is 4.03. The maximum atomic E-state index is 12.7. The molecule has 6 heteroatoms. The zero-order chi connectivity index (χ0) is 17.8. The minimum Gasteiger partial charge on any atom is -0.378 e. The summed E-state index contributed by atoms with van der Waals surface area (Å²) < 4.78 is 0. The van der Waals surface area contributed by atoms with Gasteiger partial charge in [-0.05, 0) is 37.3 Å². The molecule has 1 aromatic carbocycles. The molecule has 2 heterocycles. The molecule has 6 nitrogen and oxygen atoms in total. The number of amides is 1. The van der Waals surface area contributed by atoms with Crippen LogP contribution in [0.1, 0.15) is 16.2 Å². The Morgan fingerprint density at radius 2 is 1.96 bits per heavy atom. The van der Waals surface area contributed by atoms with E-state index >= 15 is 0 Å². The minimum atomic E-state index is -0.286. The number of benzene rings is 1. The number of pyridine rings is 1. The summed E-state index contributed by atoms with van der Waals surface area (Å²) in [5.74, 6) is -0.286. The Bertz CT molecular complexity index is 893. The van der Waals surface area contributed by atoms with Crippen LogP contribution in [0, 0.1) is 6.92 Å². The van der Waals surface area contributed by atoms with Crippen molar-refractivity contribution in [3.8, 4) is 11.3 Å². The van der Waals surface area contributed by atoms with E-state index in [0.717, 1.165) is 11.3 Å². The quantitative estimate of drug-likeness (QED) is 0.794. The van der Waals surface area contributed by atoms with E-state index in [0.29, 0.717) is 22.8 Å². The van der Waals surface area contributed by atoms with Crippen molar-refractivity contribution >= 4 is 17.3 Å². The van der Waals surface area contributed by atoms with E-state index < -0.39 is 0 Å². The van der Waals surface area contributed by atoms with Crippen LogP contribution in [0.4, 0.5) is 11.4 Å². The first kappa shape index (κ1) is 16.6. The molecule has 126 valence electrons. The molecule has 0 aliphatic heterocycles. The predicted octanol–water partition coefficient (Wildman–Crippen LogP) is 3.17. The topological polar surface area (TPSA) is 71.0 Å². The summed E-state index contributed by atoms with van der Waals surface area (Å²) in [7, 11) is 3.90. The molecule has 2 aromatic heterocycles.